The first kappa shape index (κ1) is 22.4. The molecule has 0 bridgehead atoms. The number of aryl methyl sites for hydroxylation is 1. The van der Waals surface area contributed by atoms with Gasteiger partial charge in [0, 0.05) is 36.6 Å². The maximum absolute atomic E-state index is 14.5. The zero-order valence-electron chi connectivity index (χ0n) is 18.2. The van der Waals surface area contributed by atoms with Crippen LogP contribution in [0.3, 0.4) is 0 Å². The molecule has 9 heteroatoms. The largest absolute Gasteiger partial charge is 0.367 e. The van der Waals surface area contributed by atoms with Crippen molar-refractivity contribution in [2.75, 3.05) is 36.4 Å². The van der Waals surface area contributed by atoms with E-state index < -0.39 is 17.8 Å². The normalized spacial score (nSPS) is 17.2. The number of rotatable bonds is 6. The molecule has 0 saturated carbocycles. The molecule has 0 spiro atoms. The Morgan fingerprint density at radius 3 is 2.50 bits per heavy atom. The zero-order valence-corrected chi connectivity index (χ0v) is 19.1. The van der Waals surface area contributed by atoms with Crippen molar-refractivity contribution in [2.45, 2.75) is 39.2 Å². The minimum Gasteiger partial charge on any atom is -0.367 e. The van der Waals surface area contributed by atoms with Crippen LogP contribution in [0.15, 0.2) is 18.2 Å². The molecule has 2 aliphatic rings. The van der Waals surface area contributed by atoms with Gasteiger partial charge in [-0.15, -0.1) is 11.3 Å². The van der Waals surface area contributed by atoms with Gasteiger partial charge in [0.25, 0.3) is 5.91 Å². The summed E-state index contributed by atoms with van der Waals surface area (Å²) in [5, 5.41) is 3.47. The zero-order chi connectivity index (χ0) is 23.0. The van der Waals surface area contributed by atoms with Crippen molar-refractivity contribution in [2.24, 2.45) is 5.73 Å². The van der Waals surface area contributed by atoms with E-state index in [1.54, 1.807) is 12.1 Å². The van der Waals surface area contributed by atoms with Crippen LogP contribution in [0, 0.1) is 5.82 Å². The summed E-state index contributed by atoms with van der Waals surface area (Å²) in [5.74, 6) is -1.27. The number of benzene rings is 1. The molecule has 170 valence electrons. The van der Waals surface area contributed by atoms with E-state index in [1.165, 1.54) is 24.3 Å². The number of carbonyl (C=O) groups excluding carboxylic acids is 3. The van der Waals surface area contributed by atoms with Gasteiger partial charge in [0.1, 0.15) is 10.8 Å². The number of hydrogen-bond donors (Lipinski definition) is 2. The summed E-state index contributed by atoms with van der Waals surface area (Å²) in [7, 11) is 0. The van der Waals surface area contributed by atoms with Gasteiger partial charge < -0.3 is 16.0 Å². The molecule has 4 rings (SSSR count). The lowest BCUT2D eigenvalue weighted by molar-refractivity contribution is -0.120. The van der Waals surface area contributed by atoms with Crippen LogP contribution in [-0.4, -0.2) is 54.7 Å². The fourth-order valence-electron chi connectivity index (χ4n) is 4.47. The first-order valence-corrected chi connectivity index (χ1v) is 11.6. The predicted octanol–water partition coefficient (Wildman–Crippen LogP) is 2.83. The van der Waals surface area contributed by atoms with Crippen LogP contribution < -0.4 is 16.0 Å². The summed E-state index contributed by atoms with van der Waals surface area (Å²) in [6.07, 6.45) is 2.74. The molecule has 0 radical (unpaired) electrons. The fraction of sp³-hybridized carbons (Fsp3) is 0.435. The number of Topliss-reactive ketones (excluding diaryl/α,β-unsaturated/α-hetero) is 1. The molecule has 2 aromatic rings. The van der Waals surface area contributed by atoms with Crippen LogP contribution in [-0.2, 0) is 17.6 Å². The number of hydrogen-bond acceptors (Lipinski definition) is 6. The smallest absolute Gasteiger partial charge is 0.251 e. The molecule has 2 amide bonds. The molecule has 32 heavy (non-hydrogen) atoms. The Hall–Kier alpha value is -2.78. The summed E-state index contributed by atoms with van der Waals surface area (Å²) >= 11 is 1.45. The van der Waals surface area contributed by atoms with Crippen LogP contribution in [0.4, 0.5) is 15.1 Å². The summed E-state index contributed by atoms with van der Waals surface area (Å²) in [6, 6.07) is 4.14. The highest BCUT2D eigenvalue weighted by Crippen LogP contribution is 2.39. The molecule has 1 fully saturated rings. The number of anilines is 2. The molecule has 1 aliphatic heterocycles. The summed E-state index contributed by atoms with van der Waals surface area (Å²) in [5.41, 5.74) is 7.84. The quantitative estimate of drug-likeness (QED) is 0.649. The van der Waals surface area contributed by atoms with E-state index >= 15 is 0 Å². The van der Waals surface area contributed by atoms with Gasteiger partial charge in [0.05, 0.1) is 17.3 Å². The number of ketones is 1. The van der Waals surface area contributed by atoms with Gasteiger partial charge >= 0.3 is 0 Å². The number of nitrogens with zero attached hydrogens (tertiary/aromatic N) is 2. The second kappa shape index (κ2) is 8.99. The number of nitrogens with one attached hydrogen (secondary N) is 1. The van der Waals surface area contributed by atoms with Gasteiger partial charge in [-0.2, -0.15) is 0 Å². The lowest BCUT2D eigenvalue weighted by Crippen LogP contribution is -2.53. The van der Waals surface area contributed by atoms with Crippen molar-refractivity contribution in [3.8, 4) is 0 Å². The lowest BCUT2D eigenvalue weighted by atomic mass is 10.1. The fourth-order valence-corrected chi connectivity index (χ4v) is 5.77. The maximum atomic E-state index is 14.5. The molecule has 3 N–H and O–H groups in total. The average Bonchev–Trinajstić information content (AvgIpc) is 3.33. The van der Waals surface area contributed by atoms with E-state index in [2.05, 4.69) is 5.32 Å². The van der Waals surface area contributed by atoms with E-state index in [1.807, 2.05) is 16.7 Å². The average molecular weight is 459 g/mol. The Kier molecular flexibility index (Phi) is 6.30. The van der Waals surface area contributed by atoms with Gasteiger partial charge in [-0.25, -0.2) is 4.39 Å². The molecular formula is C23H27FN4O3S. The second-order valence-electron chi connectivity index (χ2n) is 8.34. The van der Waals surface area contributed by atoms with Crippen molar-refractivity contribution >= 4 is 39.6 Å². The third-order valence-electron chi connectivity index (χ3n) is 6.34. The number of halogens is 1. The van der Waals surface area contributed by atoms with Gasteiger partial charge in [0.15, 0.2) is 5.78 Å². The van der Waals surface area contributed by atoms with Gasteiger partial charge in [-0.3, -0.25) is 19.3 Å². The lowest BCUT2D eigenvalue weighted by Gasteiger charge is -2.38. The maximum Gasteiger partial charge on any atom is 0.251 e. The summed E-state index contributed by atoms with van der Waals surface area (Å²) < 4.78 is 14.5. The second-order valence-corrected chi connectivity index (χ2v) is 9.44. The SMILES string of the molecule is CC(=O)c1ccc(N2CCN(C(C)C(=O)Nc3sc4c(c3C(N)=O)CCC4)CC2)c(F)c1. The molecule has 2 heterocycles. The van der Waals surface area contributed by atoms with Crippen LogP contribution in [0.2, 0.25) is 0 Å². The number of fused-ring (bicyclic) bond motifs is 1. The van der Waals surface area contributed by atoms with Gasteiger partial charge in [0.2, 0.25) is 5.91 Å². The van der Waals surface area contributed by atoms with Crippen molar-refractivity contribution in [3.63, 3.8) is 0 Å². The van der Waals surface area contributed by atoms with E-state index in [4.69, 9.17) is 5.73 Å². The predicted molar refractivity (Wildman–Crippen MR) is 123 cm³/mol. The van der Waals surface area contributed by atoms with Gasteiger partial charge in [-0.1, -0.05) is 0 Å². The molecule has 1 aromatic heterocycles. The number of nitrogens with two attached hydrogens (primary N) is 1. The minimum absolute atomic E-state index is 0.171. The van der Waals surface area contributed by atoms with E-state index in [-0.39, 0.29) is 11.7 Å². The van der Waals surface area contributed by atoms with Crippen LogP contribution in [0.5, 0.6) is 0 Å². The molecule has 1 atom stereocenters. The van der Waals surface area contributed by atoms with Crippen molar-refractivity contribution < 1.29 is 18.8 Å². The molecule has 1 saturated heterocycles. The molecule has 7 nitrogen and oxygen atoms in total. The standard InChI is InChI=1S/C23H27FN4O3S/c1-13(22(31)26-23-20(21(25)30)16-4-3-5-19(16)32-23)27-8-10-28(11-9-27)18-7-6-15(14(2)29)12-17(18)24/h6-7,12-13H,3-5,8-11H2,1-2H3,(H2,25,30)(H,26,31). The number of thiophene rings is 1. The number of carbonyl (C=O) groups is 3. The molecule has 1 aliphatic carbocycles. The summed E-state index contributed by atoms with van der Waals surface area (Å²) in [6.45, 7) is 5.55. The van der Waals surface area contributed by atoms with E-state index in [9.17, 15) is 18.8 Å². The number of piperazine rings is 1. The first-order chi connectivity index (χ1) is 15.3. The Morgan fingerprint density at radius 2 is 1.88 bits per heavy atom. The molecule has 1 unspecified atom stereocenters. The number of amides is 2. The highest BCUT2D eigenvalue weighted by atomic mass is 32.1. The van der Waals surface area contributed by atoms with Crippen LogP contribution >= 0.6 is 11.3 Å². The summed E-state index contributed by atoms with van der Waals surface area (Å²) in [4.78, 5) is 41.4. The monoisotopic (exact) mass is 458 g/mol. The van der Waals surface area contributed by atoms with Gasteiger partial charge in [-0.05, 0) is 56.9 Å². The molecular weight excluding hydrogens is 431 g/mol. The first-order valence-electron chi connectivity index (χ1n) is 10.8. The van der Waals surface area contributed by atoms with Crippen molar-refractivity contribution in [1.29, 1.82) is 0 Å². The highest BCUT2D eigenvalue weighted by molar-refractivity contribution is 7.17. The minimum atomic E-state index is -0.501. The van der Waals surface area contributed by atoms with Crippen LogP contribution in [0.25, 0.3) is 0 Å². The Morgan fingerprint density at radius 1 is 1.16 bits per heavy atom. The Balaban J connectivity index is 1.39. The topological polar surface area (TPSA) is 95.7 Å². The Bertz CT molecular complexity index is 1080. The van der Waals surface area contributed by atoms with E-state index in [0.29, 0.717) is 48.0 Å². The van der Waals surface area contributed by atoms with E-state index in [0.717, 1.165) is 29.7 Å². The van der Waals surface area contributed by atoms with Crippen molar-refractivity contribution in [1.82, 2.24) is 4.90 Å². The third-order valence-corrected chi connectivity index (χ3v) is 7.55. The Labute approximate surface area is 190 Å². The van der Waals surface area contributed by atoms with Crippen molar-refractivity contribution in [3.05, 3.63) is 45.6 Å². The van der Waals surface area contributed by atoms with Crippen LogP contribution in [0.1, 0.15) is 51.4 Å². The number of primary amides is 1. The highest BCUT2D eigenvalue weighted by Gasteiger charge is 2.30. The molecule has 1 aromatic carbocycles. The third kappa shape index (κ3) is 4.27.